The van der Waals surface area contributed by atoms with E-state index in [1.165, 1.54) is 68.8 Å². The number of rotatable bonds is 10. The van der Waals surface area contributed by atoms with E-state index >= 15 is 0 Å². The highest BCUT2D eigenvalue weighted by Crippen LogP contribution is 2.29. The molecule has 3 heterocycles. The Bertz CT molecular complexity index is 1560. The van der Waals surface area contributed by atoms with E-state index in [1.54, 1.807) is 19.1 Å². The van der Waals surface area contributed by atoms with Crippen molar-refractivity contribution in [1.29, 1.82) is 0 Å². The van der Waals surface area contributed by atoms with Gasteiger partial charge in [-0.1, -0.05) is 36.4 Å². The third kappa shape index (κ3) is 6.29. The molecule has 0 aliphatic rings. The van der Waals surface area contributed by atoms with Gasteiger partial charge in [-0.25, -0.2) is 8.78 Å². The average molecular weight is 579 g/mol. The summed E-state index contributed by atoms with van der Waals surface area (Å²) in [6.45, 7) is 1.88. The van der Waals surface area contributed by atoms with E-state index in [0.29, 0.717) is 17.0 Å². The molecule has 2 aromatic carbocycles. The SMILES string of the molecule is C[C@@H](C(=O)N(Cc1cccs1)[C@H](C(=O)NCc1ccc(F)cc1)c1ccc(F)cc1)n1nnc(-c2cccs2)n1. The van der Waals surface area contributed by atoms with E-state index in [9.17, 15) is 18.4 Å². The average Bonchev–Trinajstić information content (AvgIpc) is 3.75. The topological polar surface area (TPSA) is 93.0 Å². The number of benzene rings is 2. The summed E-state index contributed by atoms with van der Waals surface area (Å²) in [5.74, 6) is -1.35. The first kappa shape index (κ1) is 27.3. The standard InChI is InChI=1S/C28H24F2N6O2S2/c1-18(36-33-26(32-34-36)24-5-3-15-40-24)28(38)35(17-23-4-2-14-39-23)25(20-8-12-22(30)13-9-20)27(37)31-16-19-6-10-21(29)11-7-19/h2-15,18,25H,16-17H2,1H3,(H,31,37)/t18-,25-/m0/s1. The molecule has 0 radical (unpaired) electrons. The molecule has 3 aromatic heterocycles. The van der Waals surface area contributed by atoms with Crippen LogP contribution in [0.3, 0.4) is 0 Å². The van der Waals surface area contributed by atoms with Gasteiger partial charge in [0.25, 0.3) is 0 Å². The first-order chi connectivity index (χ1) is 19.4. The van der Waals surface area contributed by atoms with Crippen LogP contribution in [0.2, 0.25) is 0 Å². The lowest BCUT2D eigenvalue weighted by Crippen LogP contribution is -2.45. The fourth-order valence-corrected chi connectivity index (χ4v) is 5.46. The van der Waals surface area contributed by atoms with E-state index in [-0.39, 0.29) is 18.9 Å². The van der Waals surface area contributed by atoms with Crippen LogP contribution in [-0.4, -0.2) is 36.9 Å². The third-order valence-electron chi connectivity index (χ3n) is 6.19. The summed E-state index contributed by atoms with van der Waals surface area (Å²) >= 11 is 2.90. The molecular formula is C28H24F2N6O2S2. The van der Waals surface area contributed by atoms with Gasteiger partial charge in [0.15, 0.2) is 0 Å². The quantitative estimate of drug-likeness (QED) is 0.240. The van der Waals surface area contributed by atoms with Crippen molar-refractivity contribution in [2.75, 3.05) is 0 Å². The van der Waals surface area contributed by atoms with Crippen LogP contribution in [0.25, 0.3) is 10.7 Å². The largest absolute Gasteiger partial charge is 0.350 e. The summed E-state index contributed by atoms with van der Waals surface area (Å²) in [5, 5.41) is 19.2. The monoisotopic (exact) mass is 578 g/mol. The second kappa shape index (κ2) is 12.3. The van der Waals surface area contributed by atoms with Crippen molar-refractivity contribution in [3.05, 3.63) is 111 Å². The van der Waals surface area contributed by atoms with Gasteiger partial charge in [0.2, 0.25) is 17.6 Å². The molecule has 0 unspecified atom stereocenters. The number of halogens is 2. The fraction of sp³-hybridized carbons (Fsp3) is 0.179. The molecule has 0 aliphatic heterocycles. The number of hydrogen-bond donors (Lipinski definition) is 1. The number of nitrogens with zero attached hydrogens (tertiary/aromatic N) is 5. The van der Waals surface area contributed by atoms with Crippen molar-refractivity contribution in [3.63, 3.8) is 0 Å². The summed E-state index contributed by atoms with van der Waals surface area (Å²) in [4.78, 5) is 32.2. The molecule has 0 fully saturated rings. The van der Waals surface area contributed by atoms with Crippen LogP contribution < -0.4 is 5.32 Å². The highest BCUT2D eigenvalue weighted by Gasteiger charge is 2.35. The molecule has 5 rings (SSSR count). The van der Waals surface area contributed by atoms with Gasteiger partial charge < -0.3 is 10.2 Å². The van der Waals surface area contributed by atoms with Crippen molar-refractivity contribution in [1.82, 2.24) is 30.4 Å². The summed E-state index contributed by atoms with van der Waals surface area (Å²) in [7, 11) is 0. The molecule has 0 saturated heterocycles. The fourth-order valence-electron chi connectivity index (χ4n) is 4.11. The van der Waals surface area contributed by atoms with Gasteiger partial charge in [0, 0.05) is 11.4 Å². The van der Waals surface area contributed by atoms with E-state index in [2.05, 4.69) is 20.7 Å². The van der Waals surface area contributed by atoms with Crippen molar-refractivity contribution >= 4 is 34.5 Å². The molecule has 8 nitrogen and oxygen atoms in total. The number of aromatic nitrogens is 4. The highest BCUT2D eigenvalue weighted by atomic mass is 32.1. The van der Waals surface area contributed by atoms with Gasteiger partial charge in [-0.15, -0.1) is 32.9 Å². The van der Waals surface area contributed by atoms with Gasteiger partial charge in [0.05, 0.1) is 11.4 Å². The van der Waals surface area contributed by atoms with Gasteiger partial charge in [-0.05, 0) is 70.4 Å². The lowest BCUT2D eigenvalue weighted by Gasteiger charge is -2.32. The molecule has 5 aromatic rings. The molecule has 2 atom stereocenters. The lowest BCUT2D eigenvalue weighted by molar-refractivity contribution is -0.144. The molecule has 0 bridgehead atoms. The Balaban J connectivity index is 1.47. The van der Waals surface area contributed by atoms with Crippen LogP contribution in [0.1, 0.15) is 35.0 Å². The zero-order chi connectivity index (χ0) is 28.1. The molecule has 0 spiro atoms. The number of thiophene rings is 2. The van der Waals surface area contributed by atoms with Crippen molar-refractivity contribution < 1.29 is 18.4 Å². The Morgan fingerprint density at radius 3 is 2.27 bits per heavy atom. The van der Waals surface area contributed by atoms with E-state index < -0.39 is 29.7 Å². The van der Waals surface area contributed by atoms with Gasteiger partial charge >= 0.3 is 0 Å². The minimum Gasteiger partial charge on any atom is -0.350 e. The molecule has 1 N–H and O–H groups in total. The third-order valence-corrected chi connectivity index (χ3v) is 7.92. The molecule has 40 heavy (non-hydrogen) atoms. The second-order valence-corrected chi connectivity index (χ2v) is 10.9. The molecule has 12 heteroatoms. The Morgan fingerprint density at radius 2 is 1.62 bits per heavy atom. The first-order valence-corrected chi connectivity index (χ1v) is 14.1. The van der Waals surface area contributed by atoms with Gasteiger partial charge in [-0.2, -0.15) is 4.80 Å². The number of carbonyl (C=O) groups is 2. The van der Waals surface area contributed by atoms with Crippen molar-refractivity contribution in [3.8, 4) is 10.7 Å². The van der Waals surface area contributed by atoms with Gasteiger partial charge in [-0.3, -0.25) is 9.59 Å². The van der Waals surface area contributed by atoms with E-state index in [1.807, 2.05) is 35.0 Å². The zero-order valence-electron chi connectivity index (χ0n) is 21.3. The maximum absolute atomic E-state index is 14.1. The minimum atomic E-state index is -1.10. The Hall–Kier alpha value is -4.29. The lowest BCUT2D eigenvalue weighted by atomic mass is 10.0. The molecular weight excluding hydrogens is 554 g/mol. The minimum absolute atomic E-state index is 0.113. The van der Waals surface area contributed by atoms with Crippen molar-refractivity contribution in [2.45, 2.75) is 32.1 Å². The van der Waals surface area contributed by atoms with Crippen LogP contribution >= 0.6 is 22.7 Å². The van der Waals surface area contributed by atoms with Crippen LogP contribution in [-0.2, 0) is 22.7 Å². The van der Waals surface area contributed by atoms with Crippen LogP contribution in [0.4, 0.5) is 8.78 Å². The van der Waals surface area contributed by atoms with Gasteiger partial charge in [0.1, 0.15) is 23.7 Å². The molecule has 0 aliphatic carbocycles. The van der Waals surface area contributed by atoms with E-state index in [0.717, 1.165) is 9.75 Å². The Kier molecular flexibility index (Phi) is 8.37. The summed E-state index contributed by atoms with van der Waals surface area (Å²) in [6, 6.07) is 16.7. The zero-order valence-corrected chi connectivity index (χ0v) is 22.9. The van der Waals surface area contributed by atoms with Crippen LogP contribution in [0.15, 0.2) is 83.6 Å². The number of nitrogens with one attached hydrogen (secondary N) is 1. The molecule has 0 saturated carbocycles. The second-order valence-electron chi connectivity index (χ2n) is 8.93. The van der Waals surface area contributed by atoms with Crippen LogP contribution in [0, 0.1) is 11.6 Å². The Labute approximate surface area is 236 Å². The number of tetrazole rings is 1. The van der Waals surface area contributed by atoms with Crippen LogP contribution in [0.5, 0.6) is 0 Å². The van der Waals surface area contributed by atoms with Crippen molar-refractivity contribution in [2.24, 2.45) is 0 Å². The smallest absolute Gasteiger partial charge is 0.250 e. The van der Waals surface area contributed by atoms with E-state index in [4.69, 9.17) is 0 Å². The normalized spacial score (nSPS) is 12.6. The first-order valence-electron chi connectivity index (χ1n) is 12.3. The Morgan fingerprint density at radius 1 is 0.950 bits per heavy atom. The predicted octanol–water partition coefficient (Wildman–Crippen LogP) is 5.39. The predicted molar refractivity (Wildman–Crippen MR) is 148 cm³/mol. The summed E-state index contributed by atoms with van der Waals surface area (Å²) in [5.41, 5.74) is 1.12. The maximum Gasteiger partial charge on any atom is 0.250 e. The number of hydrogen-bond acceptors (Lipinski definition) is 7. The maximum atomic E-state index is 14.1. The number of amides is 2. The summed E-state index contributed by atoms with van der Waals surface area (Å²) < 4.78 is 27.2. The molecule has 2 amide bonds. The number of carbonyl (C=O) groups excluding carboxylic acids is 2. The highest BCUT2D eigenvalue weighted by molar-refractivity contribution is 7.13. The summed E-state index contributed by atoms with van der Waals surface area (Å²) in [6.07, 6.45) is 0. The molecule has 204 valence electrons.